The largest absolute Gasteiger partial charge is 0.494 e. The molecule has 0 N–H and O–H groups in total. The lowest BCUT2D eigenvalue weighted by molar-refractivity contribution is 0.180. The molecule has 0 fully saturated rings. The maximum Gasteiger partial charge on any atom is 0.170 e. The third-order valence-corrected chi connectivity index (χ3v) is 1.56. The highest BCUT2D eigenvalue weighted by Crippen LogP contribution is 2.19. The molecule has 0 spiro atoms. The summed E-state index contributed by atoms with van der Waals surface area (Å²) in [6.45, 7) is 0.267. The SMILES string of the molecule is COCc1cccc(OC)c1F. The van der Waals surface area contributed by atoms with Crippen LogP contribution >= 0.6 is 0 Å². The second-order valence-electron chi connectivity index (χ2n) is 2.37. The van der Waals surface area contributed by atoms with Crippen LogP contribution in [-0.2, 0) is 11.3 Å². The molecule has 1 aromatic carbocycles. The van der Waals surface area contributed by atoms with Crippen LogP contribution in [0.3, 0.4) is 0 Å². The molecule has 0 aromatic heterocycles. The zero-order valence-electron chi connectivity index (χ0n) is 7.13. The zero-order valence-corrected chi connectivity index (χ0v) is 7.13. The Kier molecular flexibility index (Phi) is 3.05. The van der Waals surface area contributed by atoms with E-state index in [1.54, 1.807) is 18.2 Å². The van der Waals surface area contributed by atoms with Crippen molar-refractivity contribution in [3.8, 4) is 5.75 Å². The second-order valence-corrected chi connectivity index (χ2v) is 2.37. The molecule has 0 atom stereocenters. The van der Waals surface area contributed by atoms with Crippen LogP contribution in [0.15, 0.2) is 18.2 Å². The zero-order chi connectivity index (χ0) is 8.97. The van der Waals surface area contributed by atoms with Gasteiger partial charge in [-0.2, -0.15) is 0 Å². The van der Waals surface area contributed by atoms with Crippen molar-refractivity contribution in [1.82, 2.24) is 0 Å². The number of hydrogen-bond acceptors (Lipinski definition) is 2. The van der Waals surface area contributed by atoms with Gasteiger partial charge < -0.3 is 9.47 Å². The molecule has 0 aliphatic heterocycles. The Morgan fingerprint density at radius 2 is 2.08 bits per heavy atom. The topological polar surface area (TPSA) is 18.5 Å². The maximum atomic E-state index is 13.3. The first-order valence-corrected chi connectivity index (χ1v) is 3.60. The minimum atomic E-state index is -0.346. The van der Waals surface area contributed by atoms with Crippen LogP contribution < -0.4 is 4.74 Å². The number of benzene rings is 1. The molecular formula is C9H11FO2. The maximum absolute atomic E-state index is 13.3. The standard InChI is InChI=1S/C9H11FO2/c1-11-6-7-4-3-5-8(12-2)9(7)10/h3-5H,6H2,1-2H3. The molecule has 0 radical (unpaired) electrons. The van der Waals surface area contributed by atoms with E-state index in [4.69, 9.17) is 9.47 Å². The first-order chi connectivity index (χ1) is 5.79. The van der Waals surface area contributed by atoms with Crippen LogP contribution in [0.5, 0.6) is 5.75 Å². The van der Waals surface area contributed by atoms with E-state index in [0.717, 1.165) is 0 Å². The fourth-order valence-corrected chi connectivity index (χ4v) is 0.981. The van der Waals surface area contributed by atoms with Gasteiger partial charge >= 0.3 is 0 Å². The van der Waals surface area contributed by atoms with Gasteiger partial charge in [0.15, 0.2) is 11.6 Å². The third kappa shape index (κ3) is 1.74. The summed E-state index contributed by atoms with van der Waals surface area (Å²) in [7, 11) is 2.97. The fraction of sp³-hybridized carbons (Fsp3) is 0.333. The molecule has 0 aliphatic carbocycles. The van der Waals surface area contributed by atoms with Crippen LogP contribution in [0.2, 0.25) is 0 Å². The molecule has 2 nitrogen and oxygen atoms in total. The number of rotatable bonds is 3. The van der Waals surface area contributed by atoms with E-state index in [9.17, 15) is 4.39 Å². The van der Waals surface area contributed by atoms with E-state index in [1.165, 1.54) is 14.2 Å². The average Bonchev–Trinajstić information content (AvgIpc) is 2.09. The van der Waals surface area contributed by atoms with E-state index >= 15 is 0 Å². The Morgan fingerprint density at radius 1 is 1.33 bits per heavy atom. The smallest absolute Gasteiger partial charge is 0.170 e. The molecule has 12 heavy (non-hydrogen) atoms. The molecule has 0 unspecified atom stereocenters. The monoisotopic (exact) mass is 170 g/mol. The summed E-state index contributed by atoms with van der Waals surface area (Å²) in [5.74, 6) is -0.0913. The molecule has 0 bridgehead atoms. The van der Waals surface area contributed by atoms with E-state index in [0.29, 0.717) is 5.56 Å². The molecule has 0 saturated heterocycles. The van der Waals surface area contributed by atoms with Crippen LogP contribution in [0.1, 0.15) is 5.56 Å². The van der Waals surface area contributed by atoms with E-state index in [2.05, 4.69) is 0 Å². The van der Waals surface area contributed by atoms with Gasteiger partial charge in [0, 0.05) is 12.7 Å². The quantitative estimate of drug-likeness (QED) is 0.690. The Morgan fingerprint density at radius 3 is 2.67 bits per heavy atom. The van der Waals surface area contributed by atoms with Gasteiger partial charge in [0.1, 0.15) is 0 Å². The lowest BCUT2D eigenvalue weighted by Gasteiger charge is -2.05. The fourth-order valence-electron chi connectivity index (χ4n) is 0.981. The van der Waals surface area contributed by atoms with Crippen LogP contribution in [0.25, 0.3) is 0 Å². The first-order valence-electron chi connectivity index (χ1n) is 3.60. The summed E-state index contributed by atoms with van der Waals surface area (Å²) in [6, 6.07) is 4.98. The minimum Gasteiger partial charge on any atom is -0.494 e. The molecule has 66 valence electrons. The van der Waals surface area contributed by atoms with Gasteiger partial charge in [0.25, 0.3) is 0 Å². The Bertz CT molecular complexity index is 261. The summed E-state index contributed by atoms with van der Waals surface area (Å²) in [4.78, 5) is 0. The van der Waals surface area contributed by atoms with Gasteiger partial charge in [-0.05, 0) is 6.07 Å². The summed E-state index contributed by atoms with van der Waals surface area (Å²) in [5, 5.41) is 0. The Hall–Kier alpha value is -1.09. The van der Waals surface area contributed by atoms with Crippen LogP contribution in [0.4, 0.5) is 4.39 Å². The van der Waals surface area contributed by atoms with Gasteiger partial charge in [-0.3, -0.25) is 0 Å². The van der Waals surface area contributed by atoms with Gasteiger partial charge in [-0.1, -0.05) is 12.1 Å². The summed E-state index contributed by atoms with van der Waals surface area (Å²) in [5.41, 5.74) is 0.511. The highest BCUT2D eigenvalue weighted by molar-refractivity contribution is 5.30. The van der Waals surface area contributed by atoms with Crippen LogP contribution in [0, 0.1) is 5.82 Å². The molecule has 0 heterocycles. The lowest BCUT2D eigenvalue weighted by atomic mass is 10.2. The highest BCUT2D eigenvalue weighted by atomic mass is 19.1. The van der Waals surface area contributed by atoms with Crippen molar-refractivity contribution >= 4 is 0 Å². The number of hydrogen-bond donors (Lipinski definition) is 0. The predicted molar refractivity (Wildman–Crippen MR) is 43.7 cm³/mol. The van der Waals surface area contributed by atoms with Gasteiger partial charge in [-0.15, -0.1) is 0 Å². The Balaban J connectivity index is 2.97. The summed E-state index contributed by atoms with van der Waals surface area (Å²) in [6.07, 6.45) is 0. The van der Waals surface area contributed by atoms with Crippen molar-refractivity contribution in [2.45, 2.75) is 6.61 Å². The van der Waals surface area contributed by atoms with Gasteiger partial charge in [-0.25, -0.2) is 4.39 Å². The third-order valence-electron chi connectivity index (χ3n) is 1.56. The van der Waals surface area contributed by atoms with E-state index in [-0.39, 0.29) is 18.2 Å². The first kappa shape index (κ1) is 9.00. The molecule has 1 rings (SSSR count). The highest BCUT2D eigenvalue weighted by Gasteiger charge is 2.06. The lowest BCUT2D eigenvalue weighted by Crippen LogP contribution is -1.95. The molecule has 0 saturated carbocycles. The molecule has 1 aromatic rings. The molecule has 0 aliphatic rings. The van der Waals surface area contributed by atoms with E-state index < -0.39 is 0 Å². The average molecular weight is 170 g/mol. The predicted octanol–water partition coefficient (Wildman–Crippen LogP) is 1.98. The minimum absolute atomic E-state index is 0.254. The van der Waals surface area contributed by atoms with Crippen molar-refractivity contribution in [1.29, 1.82) is 0 Å². The molecular weight excluding hydrogens is 159 g/mol. The van der Waals surface area contributed by atoms with Gasteiger partial charge in [0.05, 0.1) is 13.7 Å². The number of methoxy groups -OCH3 is 2. The van der Waals surface area contributed by atoms with Crippen molar-refractivity contribution in [2.75, 3.05) is 14.2 Å². The van der Waals surface area contributed by atoms with Crippen LogP contribution in [-0.4, -0.2) is 14.2 Å². The summed E-state index contributed by atoms with van der Waals surface area (Å²) < 4.78 is 22.9. The van der Waals surface area contributed by atoms with Crippen molar-refractivity contribution in [3.63, 3.8) is 0 Å². The Labute approximate surface area is 70.9 Å². The number of halogens is 1. The normalized spacial score (nSPS) is 9.92. The molecule has 3 heteroatoms. The van der Waals surface area contributed by atoms with Gasteiger partial charge in [0.2, 0.25) is 0 Å². The molecule has 0 amide bonds. The summed E-state index contributed by atoms with van der Waals surface area (Å²) >= 11 is 0. The van der Waals surface area contributed by atoms with Crippen molar-refractivity contribution in [3.05, 3.63) is 29.6 Å². The second kappa shape index (κ2) is 4.07. The van der Waals surface area contributed by atoms with Crippen molar-refractivity contribution < 1.29 is 13.9 Å². The van der Waals surface area contributed by atoms with Crippen molar-refractivity contribution in [2.24, 2.45) is 0 Å². The van der Waals surface area contributed by atoms with E-state index in [1.807, 2.05) is 0 Å². The number of ether oxygens (including phenoxy) is 2.